The van der Waals surface area contributed by atoms with Crippen molar-refractivity contribution in [3.63, 3.8) is 0 Å². The molecule has 3 rings (SSSR count). The lowest BCUT2D eigenvalue weighted by Crippen LogP contribution is -2.46. The third-order valence-electron chi connectivity index (χ3n) is 4.24. The quantitative estimate of drug-likeness (QED) is 0.849. The summed E-state index contributed by atoms with van der Waals surface area (Å²) in [6.07, 6.45) is -0.579. The highest BCUT2D eigenvalue weighted by Crippen LogP contribution is 2.45. The minimum Gasteiger partial charge on any atom is -0.315 e. The van der Waals surface area contributed by atoms with Gasteiger partial charge >= 0.3 is 6.18 Å². The van der Waals surface area contributed by atoms with Gasteiger partial charge in [0, 0.05) is 19.5 Å². The van der Waals surface area contributed by atoms with E-state index in [-0.39, 0.29) is 18.8 Å². The van der Waals surface area contributed by atoms with Crippen molar-refractivity contribution >= 4 is 0 Å². The van der Waals surface area contributed by atoms with E-state index in [0.29, 0.717) is 18.9 Å². The van der Waals surface area contributed by atoms with E-state index in [9.17, 15) is 13.2 Å². The smallest absolute Gasteiger partial charge is 0.315 e. The van der Waals surface area contributed by atoms with Crippen molar-refractivity contribution in [2.24, 2.45) is 0 Å². The molecule has 106 valence electrons. The molecule has 1 fully saturated rings. The third-order valence-corrected chi connectivity index (χ3v) is 4.24. The number of alkyl halides is 3. The van der Waals surface area contributed by atoms with Crippen LogP contribution in [-0.2, 0) is 18.4 Å². The SMILES string of the molecule is FC(F)(F)C1(c2nnc3n2CCCCC3)CCNC1. The van der Waals surface area contributed by atoms with Gasteiger partial charge in [0.25, 0.3) is 0 Å². The molecule has 0 radical (unpaired) electrons. The zero-order chi connectivity index (χ0) is 13.5. The highest BCUT2D eigenvalue weighted by atomic mass is 19.4. The van der Waals surface area contributed by atoms with E-state index >= 15 is 0 Å². The normalized spacial score (nSPS) is 28.2. The number of fused-ring (bicyclic) bond motifs is 1. The second-order valence-electron chi connectivity index (χ2n) is 5.41. The predicted octanol–water partition coefficient (Wildman–Crippen LogP) is 1.80. The van der Waals surface area contributed by atoms with Crippen molar-refractivity contribution in [3.05, 3.63) is 11.6 Å². The summed E-state index contributed by atoms with van der Waals surface area (Å²) in [7, 11) is 0. The Morgan fingerprint density at radius 1 is 1.16 bits per heavy atom. The van der Waals surface area contributed by atoms with Crippen LogP contribution in [0.1, 0.15) is 37.3 Å². The lowest BCUT2D eigenvalue weighted by Gasteiger charge is -2.30. The Morgan fingerprint density at radius 2 is 2.00 bits per heavy atom. The zero-order valence-electron chi connectivity index (χ0n) is 10.6. The van der Waals surface area contributed by atoms with E-state index in [2.05, 4.69) is 15.5 Å². The summed E-state index contributed by atoms with van der Waals surface area (Å²) in [5, 5.41) is 10.7. The summed E-state index contributed by atoms with van der Waals surface area (Å²) < 4.78 is 42.3. The Morgan fingerprint density at radius 3 is 2.68 bits per heavy atom. The average Bonchev–Trinajstić information content (AvgIpc) is 2.91. The molecule has 4 nitrogen and oxygen atoms in total. The fourth-order valence-corrected chi connectivity index (χ4v) is 3.09. The van der Waals surface area contributed by atoms with Crippen molar-refractivity contribution in [2.45, 2.75) is 50.2 Å². The predicted molar refractivity (Wildman–Crippen MR) is 62.8 cm³/mol. The summed E-state index contributed by atoms with van der Waals surface area (Å²) >= 11 is 0. The van der Waals surface area contributed by atoms with Crippen molar-refractivity contribution in [3.8, 4) is 0 Å². The first-order valence-corrected chi connectivity index (χ1v) is 6.75. The number of halogens is 3. The van der Waals surface area contributed by atoms with Gasteiger partial charge < -0.3 is 9.88 Å². The maximum absolute atomic E-state index is 13.5. The molecule has 7 heteroatoms. The monoisotopic (exact) mass is 274 g/mol. The molecule has 1 atom stereocenters. The molecule has 2 aliphatic heterocycles. The number of aryl methyl sites for hydroxylation is 1. The molecule has 0 aliphatic carbocycles. The highest BCUT2D eigenvalue weighted by molar-refractivity contribution is 5.19. The fourth-order valence-electron chi connectivity index (χ4n) is 3.09. The molecule has 0 aromatic carbocycles. The van der Waals surface area contributed by atoms with Crippen molar-refractivity contribution in [1.82, 2.24) is 20.1 Å². The van der Waals surface area contributed by atoms with Gasteiger partial charge in [-0.25, -0.2) is 0 Å². The first-order chi connectivity index (χ1) is 9.05. The standard InChI is InChI=1S/C12H17F3N4/c13-12(14,15)11(5-6-16-8-11)10-18-17-9-4-2-1-3-7-19(9)10/h16H,1-8H2. The Kier molecular flexibility index (Phi) is 3.03. The number of hydrogen-bond acceptors (Lipinski definition) is 3. The van der Waals surface area contributed by atoms with Crippen LogP contribution in [-0.4, -0.2) is 34.0 Å². The van der Waals surface area contributed by atoms with Crippen LogP contribution in [0.3, 0.4) is 0 Å². The van der Waals surface area contributed by atoms with Gasteiger partial charge in [0.05, 0.1) is 0 Å². The van der Waals surface area contributed by atoms with Gasteiger partial charge in [-0.15, -0.1) is 10.2 Å². The molecule has 1 N–H and O–H groups in total. The second kappa shape index (κ2) is 4.47. The lowest BCUT2D eigenvalue weighted by atomic mass is 9.85. The van der Waals surface area contributed by atoms with E-state index in [1.807, 2.05) is 0 Å². The molecule has 1 saturated heterocycles. The van der Waals surface area contributed by atoms with Gasteiger partial charge in [-0.05, 0) is 25.8 Å². The van der Waals surface area contributed by atoms with Gasteiger partial charge in [0.1, 0.15) is 17.1 Å². The molecule has 1 aromatic rings. The molecule has 0 bridgehead atoms. The van der Waals surface area contributed by atoms with Crippen molar-refractivity contribution in [2.75, 3.05) is 13.1 Å². The second-order valence-corrected chi connectivity index (χ2v) is 5.41. The summed E-state index contributed by atoms with van der Waals surface area (Å²) in [6.45, 7) is 0.895. The summed E-state index contributed by atoms with van der Waals surface area (Å²) in [6, 6.07) is 0. The van der Waals surface area contributed by atoms with Crippen LogP contribution < -0.4 is 5.32 Å². The van der Waals surface area contributed by atoms with Crippen molar-refractivity contribution < 1.29 is 13.2 Å². The number of hydrogen-bond donors (Lipinski definition) is 1. The van der Waals surface area contributed by atoms with E-state index in [4.69, 9.17) is 0 Å². The molecule has 1 unspecified atom stereocenters. The minimum atomic E-state index is -4.29. The Balaban J connectivity index is 2.07. The van der Waals surface area contributed by atoms with Crippen LogP contribution in [0.4, 0.5) is 13.2 Å². The van der Waals surface area contributed by atoms with E-state index in [0.717, 1.165) is 25.7 Å². The van der Waals surface area contributed by atoms with Crippen LogP contribution >= 0.6 is 0 Å². The number of rotatable bonds is 1. The minimum absolute atomic E-state index is 0.0502. The van der Waals surface area contributed by atoms with Gasteiger partial charge in [0.2, 0.25) is 0 Å². The van der Waals surface area contributed by atoms with Gasteiger partial charge in [0.15, 0.2) is 0 Å². The molecule has 2 aliphatic rings. The van der Waals surface area contributed by atoms with Gasteiger partial charge in [-0.2, -0.15) is 13.2 Å². The number of nitrogens with zero attached hydrogens (tertiary/aromatic N) is 3. The molecule has 0 saturated carbocycles. The molecular formula is C12H17F3N4. The maximum atomic E-state index is 13.5. The van der Waals surface area contributed by atoms with Gasteiger partial charge in [-0.1, -0.05) is 6.42 Å². The average molecular weight is 274 g/mol. The first-order valence-electron chi connectivity index (χ1n) is 6.75. The first kappa shape index (κ1) is 12.9. The molecule has 19 heavy (non-hydrogen) atoms. The summed E-state index contributed by atoms with van der Waals surface area (Å²) in [5.74, 6) is 0.824. The molecule has 0 spiro atoms. The molecule has 0 amide bonds. The summed E-state index contributed by atoms with van der Waals surface area (Å²) in [5.41, 5.74) is -1.86. The number of nitrogens with one attached hydrogen (secondary N) is 1. The van der Waals surface area contributed by atoms with Crippen LogP contribution in [0, 0.1) is 0 Å². The third kappa shape index (κ3) is 1.94. The highest BCUT2D eigenvalue weighted by Gasteiger charge is 2.60. The van der Waals surface area contributed by atoms with Gasteiger partial charge in [-0.3, -0.25) is 0 Å². The molecule has 1 aromatic heterocycles. The largest absolute Gasteiger partial charge is 0.402 e. The fraction of sp³-hybridized carbons (Fsp3) is 0.833. The van der Waals surface area contributed by atoms with Crippen LogP contribution in [0.25, 0.3) is 0 Å². The van der Waals surface area contributed by atoms with Crippen LogP contribution in [0.2, 0.25) is 0 Å². The Hall–Kier alpha value is -1.11. The Bertz CT molecular complexity index is 460. The zero-order valence-corrected chi connectivity index (χ0v) is 10.6. The lowest BCUT2D eigenvalue weighted by molar-refractivity contribution is -0.188. The van der Waals surface area contributed by atoms with Crippen LogP contribution in [0.5, 0.6) is 0 Å². The number of aromatic nitrogens is 3. The Labute approximate surface area is 109 Å². The van der Waals surface area contributed by atoms with E-state index in [1.165, 1.54) is 0 Å². The summed E-state index contributed by atoms with van der Waals surface area (Å²) in [4.78, 5) is 0. The van der Waals surface area contributed by atoms with E-state index in [1.54, 1.807) is 4.57 Å². The van der Waals surface area contributed by atoms with Crippen LogP contribution in [0.15, 0.2) is 0 Å². The van der Waals surface area contributed by atoms with Crippen molar-refractivity contribution in [1.29, 1.82) is 0 Å². The molecular weight excluding hydrogens is 257 g/mol. The molecule has 3 heterocycles. The maximum Gasteiger partial charge on any atom is 0.402 e. The van der Waals surface area contributed by atoms with E-state index < -0.39 is 11.6 Å². The topological polar surface area (TPSA) is 42.7 Å².